The number of carboxylic acids is 1. The molecule has 0 aliphatic carbocycles. The normalized spacial score (nSPS) is 14.1. The first-order valence-corrected chi connectivity index (χ1v) is 9.44. The molecule has 0 aromatic rings. The van der Waals surface area contributed by atoms with Crippen molar-refractivity contribution in [3.8, 4) is 0 Å². The van der Waals surface area contributed by atoms with Gasteiger partial charge in [-0.25, -0.2) is 4.79 Å². The Morgan fingerprint density at radius 3 is 2.19 bits per heavy atom. The van der Waals surface area contributed by atoms with Gasteiger partial charge in [-0.1, -0.05) is 13.8 Å². The molecule has 0 aromatic heterocycles. The molecule has 10 nitrogen and oxygen atoms in total. The third-order valence-electron chi connectivity index (χ3n) is 3.78. The number of carbonyl (C=O) groups excluding carboxylic acids is 3. The van der Waals surface area contributed by atoms with Gasteiger partial charge in [-0.05, 0) is 31.7 Å². The molecule has 0 bridgehead atoms. The minimum Gasteiger partial charge on any atom is -0.480 e. The molecular weight excluding hydrogens is 374 g/mol. The zero-order valence-electron chi connectivity index (χ0n) is 15.7. The predicted molar refractivity (Wildman–Crippen MR) is 104 cm³/mol. The van der Waals surface area contributed by atoms with E-state index < -0.39 is 41.8 Å². The molecular formula is C16H31N5O5S. The van der Waals surface area contributed by atoms with Crippen LogP contribution >= 0.6 is 12.6 Å². The van der Waals surface area contributed by atoms with Crippen molar-refractivity contribution < 1.29 is 24.3 Å². The Hall–Kier alpha value is -1.85. The predicted octanol–water partition coefficient (Wildman–Crippen LogP) is -1.80. The standard InChI is InChI=1S/C16H31N5O5S/c1-9(2)13(21-12(22)7-19-14(23)10(18)8-27)15(24)20-11(16(25)26)5-3-4-6-17/h9-11,13,27H,3-8,17-18H2,1-2H3,(H,19,23)(H,20,24)(H,21,22)(H,25,26). The molecule has 8 N–H and O–H groups in total. The summed E-state index contributed by atoms with van der Waals surface area (Å²) in [7, 11) is 0. The zero-order valence-corrected chi connectivity index (χ0v) is 16.6. The topological polar surface area (TPSA) is 177 Å². The Balaban J connectivity index is 4.75. The Labute approximate surface area is 164 Å². The molecule has 0 fully saturated rings. The lowest BCUT2D eigenvalue weighted by Crippen LogP contribution is -2.55. The van der Waals surface area contributed by atoms with Crippen LogP contribution in [0.5, 0.6) is 0 Å². The second kappa shape index (κ2) is 13.3. The van der Waals surface area contributed by atoms with Crippen LogP contribution in [0.15, 0.2) is 0 Å². The molecule has 0 radical (unpaired) electrons. The van der Waals surface area contributed by atoms with Gasteiger partial charge in [0.15, 0.2) is 0 Å². The summed E-state index contributed by atoms with van der Waals surface area (Å²) in [5, 5.41) is 16.5. The van der Waals surface area contributed by atoms with Crippen LogP contribution < -0.4 is 27.4 Å². The Bertz CT molecular complexity index is 517. The quantitative estimate of drug-likeness (QED) is 0.140. The van der Waals surface area contributed by atoms with Crippen LogP contribution in [0, 0.1) is 5.92 Å². The molecule has 0 heterocycles. The van der Waals surface area contributed by atoms with Crippen LogP contribution in [0.25, 0.3) is 0 Å². The lowest BCUT2D eigenvalue weighted by atomic mass is 10.0. The number of nitrogens with one attached hydrogen (secondary N) is 3. The highest BCUT2D eigenvalue weighted by Crippen LogP contribution is 2.05. The van der Waals surface area contributed by atoms with Crippen LogP contribution in [0.4, 0.5) is 0 Å². The molecule has 0 rings (SSSR count). The van der Waals surface area contributed by atoms with E-state index in [1.54, 1.807) is 13.8 Å². The molecule has 0 spiro atoms. The average Bonchev–Trinajstić information content (AvgIpc) is 2.61. The van der Waals surface area contributed by atoms with Crippen molar-refractivity contribution in [1.82, 2.24) is 16.0 Å². The van der Waals surface area contributed by atoms with Crippen molar-refractivity contribution in [2.45, 2.75) is 51.2 Å². The summed E-state index contributed by atoms with van der Waals surface area (Å²) in [6, 6.07) is -2.84. The Morgan fingerprint density at radius 1 is 1.07 bits per heavy atom. The maximum Gasteiger partial charge on any atom is 0.326 e. The number of thiol groups is 1. The summed E-state index contributed by atoms with van der Waals surface area (Å²) in [5.74, 6) is -3.03. The van der Waals surface area contributed by atoms with Gasteiger partial charge in [0, 0.05) is 5.75 Å². The van der Waals surface area contributed by atoms with E-state index in [-0.39, 0.29) is 24.6 Å². The average molecular weight is 406 g/mol. The number of hydrogen-bond donors (Lipinski definition) is 7. The number of carboxylic acid groups (broad SMARTS) is 1. The minimum absolute atomic E-state index is 0.130. The van der Waals surface area contributed by atoms with Crippen molar-refractivity contribution >= 4 is 36.3 Å². The summed E-state index contributed by atoms with van der Waals surface area (Å²) in [6.45, 7) is 3.51. The van der Waals surface area contributed by atoms with Gasteiger partial charge < -0.3 is 32.5 Å². The van der Waals surface area contributed by atoms with E-state index in [9.17, 15) is 24.3 Å². The number of aliphatic carboxylic acids is 1. The number of hydrogen-bond acceptors (Lipinski definition) is 7. The van der Waals surface area contributed by atoms with E-state index in [1.807, 2.05) is 0 Å². The molecule has 3 atom stereocenters. The van der Waals surface area contributed by atoms with Crippen LogP contribution in [-0.2, 0) is 19.2 Å². The van der Waals surface area contributed by atoms with Crippen LogP contribution in [-0.4, -0.2) is 65.8 Å². The SMILES string of the molecule is CC(C)C(NC(=O)CNC(=O)C(N)CS)C(=O)NC(CCCCN)C(=O)O. The van der Waals surface area contributed by atoms with Crippen molar-refractivity contribution in [1.29, 1.82) is 0 Å². The van der Waals surface area contributed by atoms with Gasteiger partial charge >= 0.3 is 5.97 Å². The van der Waals surface area contributed by atoms with E-state index in [0.29, 0.717) is 19.4 Å². The fourth-order valence-corrected chi connectivity index (χ4v) is 2.32. The molecule has 11 heteroatoms. The van der Waals surface area contributed by atoms with Gasteiger partial charge in [-0.3, -0.25) is 14.4 Å². The minimum atomic E-state index is -1.15. The fourth-order valence-electron chi connectivity index (χ4n) is 2.15. The number of nitrogens with two attached hydrogens (primary N) is 2. The molecule has 3 unspecified atom stereocenters. The number of unbranched alkanes of at least 4 members (excludes halogenated alkanes) is 1. The highest BCUT2D eigenvalue weighted by Gasteiger charge is 2.28. The molecule has 0 aliphatic heterocycles. The summed E-state index contributed by atoms with van der Waals surface area (Å²) < 4.78 is 0. The second-order valence-electron chi connectivity index (χ2n) is 6.48. The fraction of sp³-hybridized carbons (Fsp3) is 0.750. The third-order valence-corrected chi connectivity index (χ3v) is 4.18. The Kier molecular flexibility index (Phi) is 12.4. The van der Waals surface area contributed by atoms with Crippen molar-refractivity contribution in [3.05, 3.63) is 0 Å². The monoisotopic (exact) mass is 405 g/mol. The van der Waals surface area contributed by atoms with Crippen LogP contribution in [0.2, 0.25) is 0 Å². The molecule has 0 saturated carbocycles. The van der Waals surface area contributed by atoms with E-state index in [2.05, 4.69) is 28.6 Å². The van der Waals surface area contributed by atoms with E-state index in [4.69, 9.17) is 11.5 Å². The second-order valence-corrected chi connectivity index (χ2v) is 6.85. The number of carbonyl (C=O) groups is 4. The first-order valence-electron chi connectivity index (χ1n) is 8.80. The lowest BCUT2D eigenvalue weighted by Gasteiger charge is -2.24. The molecule has 0 aliphatic rings. The van der Waals surface area contributed by atoms with Gasteiger partial charge in [0.2, 0.25) is 17.7 Å². The summed E-state index contributed by atoms with van der Waals surface area (Å²) in [5.41, 5.74) is 10.9. The van der Waals surface area contributed by atoms with Crippen molar-refractivity contribution in [2.75, 3.05) is 18.8 Å². The number of rotatable bonds is 13. The molecule has 27 heavy (non-hydrogen) atoms. The Morgan fingerprint density at radius 2 is 1.70 bits per heavy atom. The zero-order chi connectivity index (χ0) is 21.0. The highest BCUT2D eigenvalue weighted by atomic mass is 32.1. The van der Waals surface area contributed by atoms with E-state index >= 15 is 0 Å². The van der Waals surface area contributed by atoms with E-state index in [1.165, 1.54) is 0 Å². The highest BCUT2D eigenvalue weighted by molar-refractivity contribution is 7.80. The van der Waals surface area contributed by atoms with Crippen molar-refractivity contribution in [3.63, 3.8) is 0 Å². The lowest BCUT2D eigenvalue weighted by molar-refractivity contribution is -0.142. The maximum absolute atomic E-state index is 12.4. The molecule has 0 saturated heterocycles. The first kappa shape index (κ1) is 25.1. The first-order chi connectivity index (χ1) is 12.6. The molecule has 0 aromatic carbocycles. The van der Waals surface area contributed by atoms with Crippen LogP contribution in [0.3, 0.4) is 0 Å². The van der Waals surface area contributed by atoms with E-state index in [0.717, 1.165) is 0 Å². The smallest absolute Gasteiger partial charge is 0.326 e. The third kappa shape index (κ3) is 10.2. The van der Waals surface area contributed by atoms with Gasteiger partial charge in [-0.2, -0.15) is 12.6 Å². The summed E-state index contributed by atoms with van der Waals surface area (Å²) in [4.78, 5) is 47.3. The molecule has 3 amide bonds. The summed E-state index contributed by atoms with van der Waals surface area (Å²) in [6.07, 6.45) is 1.46. The van der Waals surface area contributed by atoms with Gasteiger partial charge in [0.05, 0.1) is 12.6 Å². The van der Waals surface area contributed by atoms with Crippen molar-refractivity contribution in [2.24, 2.45) is 17.4 Å². The van der Waals surface area contributed by atoms with Gasteiger partial charge in [0.25, 0.3) is 0 Å². The largest absolute Gasteiger partial charge is 0.480 e. The maximum atomic E-state index is 12.4. The van der Waals surface area contributed by atoms with Gasteiger partial charge in [-0.15, -0.1) is 0 Å². The number of amides is 3. The van der Waals surface area contributed by atoms with Gasteiger partial charge in [0.1, 0.15) is 12.1 Å². The van der Waals surface area contributed by atoms with Crippen LogP contribution in [0.1, 0.15) is 33.1 Å². The molecule has 156 valence electrons. The summed E-state index contributed by atoms with van der Waals surface area (Å²) >= 11 is 3.89.